The first-order chi connectivity index (χ1) is 27.1. The number of aromatic nitrogens is 5. The molecule has 5 heterocycles. The minimum Gasteiger partial charge on any atom is -0.481 e. The van der Waals surface area contributed by atoms with Gasteiger partial charge in [0.05, 0.1) is 30.0 Å². The minimum atomic E-state index is -4.96. The molecule has 14 nitrogen and oxygen atoms in total. The molecule has 5 aromatic rings. The number of likely N-dealkylation sites (tertiary alicyclic amines) is 1. The number of fused-ring (bicyclic) bond motifs is 2. The van der Waals surface area contributed by atoms with Crippen molar-refractivity contribution in [1.29, 1.82) is 0 Å². The molecule has 2 aromatic carbocycles. The van der Waals surface area contributed by atoms with Crippen molar-refractivity contribution in [3.05, 3.63) is 90.8 Å². The molecule has 0 radical (unpaired) electrons. The van der Waals surface area contributed by atoms with Gasteiger partial charge in [0, 0.05) is 68.7 Å². The van der Waals surface area contributed by atoms with Crippen molar-refractivity contribution in [3.63, 3.8) is 0 Å². The Kier molecular flexibility index (Phi) is 9.52. The number of ether oxygens (including phenoxy) is 1. The smallest absolute Gasteiger partial charge is 0.451 e. The van der Waals surface area contributed by atoms with Crippen LogP contribution in [0.5, 0.6) is 5.88 Å². The molecular weight excluding hydrogens is 767 g/mol. The Hall–Kier alpha value is -5.52. The van der Waals surface area contributed by atoms with Gasteiger partial charge in [0.2, 0.25) is 11.7 Å². The number of hydrogen-bond acceptors (Lipinski definition) is 10. The average Bonchev–Trinajstić information content (AvgIpc) is 3.88. The van der Waals surface area contributed by atoms with E-state index in [0.29, 0.717) is 64.2 Å². The second kappa shape index (κ2) is 14.1. The number of amides is 2. The summed E-state index contributed by atoms with van der Waals surface area (Å²) < 4.78 is 49.5. The number of benzene rings is 2. The van der Waals surface area contributed by atoms with E-state index in [2.05, 4.69) is 25.5 Å². The minimum absolute atomic E-state index is 0.0450. The van der Waals surface area contributed by atoms with Crippen LogP contribution in [0.25, 0.3) is 33.4 Å². The first-order valence-corrected chi connectivity index (χ1v) is 18.7. The number of carbonyl (C=O) groups excluding carboxylic acids is 1. The van der Waals surface area contributed by atoms with Gasteiger partial charge in [0.1, 0.15) is 11.2 Å². The number of aliphatic hydroxyl groups is 1. The average molecular weight is 806 g/mol. The lowest BCUT2D eigenvalue weighted by atomic mass is 9.96. The topological polar surface area (TPSA) is 160 Å². The summed E-state index contributed by atoms with van der Waals surface area (Å²) in [5, 5.41) is 15.6. The van der Waals surface area contributed by atoms with Gasteiger partial charge in [-0.1, -0.05) is 41.9 Å². The van der Waals surface area contributed by atoms with Gasteiger partial charge in [-0.3, -0.25) is 18.8 Å². The highest BCUT2D eigenvalue weighted by atomic mass is 35.5. The summed E-state index contributed by atoms with van der Waals surface area (Å²) in [7, 11) is 4.05. The summed E-state index contributed by atoms with van der Waals surface area (Å²) in [4.78, 5) is 54.7. The maximum absolute atomic E-state index is 14.0. The zero-order chi connectivity index (χ0) is 40.6. The predicted octanol–water partition coefficient (Wildman–Crippen LogP) is 4.94. The van der Waals surface area contributed by atoms with Gasteiger partial charge in [0.25, 0.3) is 5.56 Å². The molecule has 3 aliphatic rings. The number of nitrogens with one attached hydrogen (secondary N) is 2. The van der Waals surface area contributed by atoms with Gasteiger partial charge in [-0.25, -0.2) is 24.5 Å². The van der Waals surface area contributed by atoms with E-state index in [1.54, 1.807) is 31.1 Å². The quantitative estimate of drug-likeness (QED) is 0.196. The molecule has 8 rings (SSSR count). The third-order valence-corrected chi connectivity index (χ3v) is 11.8. The number of β-amino-alcohol motifs (C(OH)–C–C–N with tert-alkyl or cyclic N) is 1. The fourth-order valence-electron chi connectivity index (χ4n) is 8.53. The van der Waals surface area contributed by atoms with Crippen LogP contribution in [0, 0.1) is 6.92 Å². The molecular formula is C39H39ClF3N9O5. The summed E-state index contributed by atoms with van der Waals surface area (Å²) in [5.74, 6) is -1.42. The van der Waals surface area contributed by atoms with E-state index in [0.717, 1.165) is 46.1 Å². The second-order valence-electron chi connectivity index (χ2n) is 14.8. The van der Waals surface area contributed by atoms with E-state index in [1.807, 2.05) is 30.3 Å². The Bertz CT molecular complexity index is 2600. The van der Waals surface area contributed by atoms with Crippen molar-refractivity contribution in [2.75, 3.05) is 45.2 Å². The molecule has 1 spiro atoms. The number of urea groups is 1. The van der Waals surface area contributed by atoms with Crippen LogP contribution in [0.1, 0.15) is 41.4 Å². The standard InChI is InChI=1S/C39H39ClF3N9O5/c1-20-22(7-6-10-25(20)44-31-29-32(47-35(46-31)39(41,42)43)49(2)37(56)50(3)34(29)54)23-8-5-9-24(30(23)40)26-17-21-11-12-27(28(21)33(45-26)57-4)51-14-13-38(18-51)19-52(15-16-53)36(55)48-38/h5-10,17,27,53H,11-16,18-19H2,1-4H3,(H,48,55)(H,44,46,47)/t27-,38-/m1/s1. The summed E-state index contributed by atoms with van der Waals surface area (Å²) in [6, 6.07) is 12.6. The van der Waals surface area contributed by atoms with Crippen LogP contribution >= 0.6 is 11.6 Å². The number of carbonyl (C=O) groups is 1. The highest BCUT2D eigenvalue weighted by Gasteiger charge is 2.49. The predicted molar refractivity (Wildman–Crippen MR) is 207 cm³/mol. The number of methoxy groups -OCH3 is 1. The largest absolute Gasteiger partial charge is 0.481 e. The van der Waals surface area contributed by atoms with Crippen LogP contribution in [0.15, 0.2) is 52.1 Å². The van der Waals surface area contributed by atoms with Gasteiger partial charge < -0.3 is 25.4 Å². The van der Waals surface area contributed by atoms with Gasteiger partial charge in [-0.15, -0.1) is 0 Å². The van der Waals surface area contributed by atoms with Gasteiger partial charge in [0.15, 0.2) is 5.65 Å². The molecule has 57 heavy (non-hydrogen) atoms. The fourth-order valence-corrected chi connectivity index (χ4v) is 8.85. The fraction of sp³-hybridized carbons (Fsp3) is 0.385. The number of nitrogens with zero attached hydrogens (tertiary/aromatic N) is 7. The van der Waals surface area contributed by atoms with Crippen LogP contribution in [0.2, 0.25) is 5.02 Å². The number of pyridine rings is 1. The number of anilines is 2. The van der Waals surface area contributed by atoms with Crippen LogP contribution in [-0.4, -0.2) is 90.5 Å². The lowest BCUT2D eigenvalue weighted by Crippen LogP contribution is -2.46. The van der Waals surface area contributed by atoms with Gasteiger partial charge >= 0.3 is 17.9 Å². The van der Waals surface area contributed by atoms with Crippen LogP contribution in [0.3, 0.4) is 0 Å². The number of halogens is 4. The first-order valence-electron chi connectivity index (χ1n) is 18.4. The molecule has 2 aliphatic heterocycles. The number of aryl methyl sites for hydroxylation is 2. The first kappa shape index (κ1) is 38.4. The highest BCUT2D eigenvalue weighted by molar-refractivity contribution is 6.36. The Labute approximate surface area is 328 Å². The van der Waals surface area contributed by atoms with Crippen molar-refractivity contribution in [1.82, 2.24) is 39.2 Å². The van der Waals surface area contributed by atoms with Gasteiger partial charge in [-0.05, 0) is 55.0 Å². The second-order valence-corrected chi connectivity index (χ2v) is 15.2. The summed E-state index contributed by atoms with van der Waals surface area (Å²) in [6.45, 7) is 3.98. The third-order valence-electron chi connectivity index (χ3n) is 11.4. The van der Waals surface area contributed by atoms with Crippen LogP contribution in [-0.2, 0) is 26.7 Å². The van der Waals surface area contributed by atoms with Gasteiger partial charge in [-0.2, -0.15) is 13.2 Å². The van der Waals surface area contributed by atoms with E-state index < -0.39 is 34.7 Å². The molecule has 2 fully saturated rings. The van der Waals surface area contributed by atoms with E-state index in [-0.39, 0.29) is 29.6 Å². The van der Waals surface area contributed by atoms with Crippen molar-refractivity contribution in [3.8, 4) is 28.3 Å². The summed E-state index contributed by atoms with van der Waals surface area (Å²) in [5.41, 5.74) is 3.08. The maximum atomic E-state index is 14.0. The van der Waals surface area contributed by atoms with E-state index in [9.17, 15) is 32.7 Å². The summed E-state index contributed by atoms with van der Waals surface area (Å²) >= 11 is 7.19. The highest BCUT2D eigenvalue weighted by Crippen LogP contribution is 2.47. The molecule has 0 saturated carbocycles. The van der Waals surface area contributed by atoms with Crippen molar-refractivity contribution in [2.45, 2.75) is 43.9 Å². The molecule has 1 aliphatic carbocycles. The zero-order valence-corrected chi connectivity index (χ0v) is 32.3. The van der Waals surface area contributed by atoms with E-state index >= 15 is 0 Å². The Morgan fingerprint density at radius 2 is 1.77 bits per heavy atom. The third kappa shape index (κ3) is 6.46. The molecule has 2 amide bonds. The Morgan fingerprint density at radius 3 is 2.51 bits per heavy atom. The Balaban J connectivity index is 1.13. The number of rotatable bonds is 8. The number of hydrogen-bond donors (Lipinski definition) is 3. The molecule has 3 N–H and O–H groups in total. The normalized spacial score (nSPS) is 19.5. The van der Waals surface area contributed by atoms with E-state index in [1.165, 1.54) is 14.1 Å². The lowest BCUT2D eigenvalue weighted by Gasteiger charge is -2.28. The molecule has 18 heteroatoms. The SMILES string of the molecule is COc1nc(-c2cccc(-c3cccc(Nc4nc(C(F)(F)F)nc5c4c(=O)n(C)c(=O)n5C)c3C)c2Cl)cc2c1[C@H](N1CC[C@]3(CN(CCO)C(=O)N3)C1)CC2. The summed E-state index contributed by atoms with van der Waals surface area (Å²) in [6.07, 6.45) is -2.53. The monoisotopic (exact) mass is 805 g/mol. The molecule has 0 unspecified atom stereocenters. The van der Waals surface area contributed by atoms with E-state index in [4.69, 9.17) is 21.3 Å². The molecule has 298 valence electrons. The molecule has 2 atom stereocenters. The number of alkyl halides is 3. The van der Waals surface area contributed by atoms with Crippen LogP contribution in [0.4, 0.5) is 29.5 Å². The zero-order valence-electron chi connectivity index (χ0n) is 31.5. The van der Waals surface area contributed by atoms with Crippen LogP contribution < -0.4 is 26.6 Å². The number of aliphatic hydroxyl groups excluding tert-OH is 1. The van der Waals surface area contributed by atoms with Crippen molar-refractivity contribution in [2.24, 2.45) is 14.1 Å². The molecule has 3 aromatic heterocycles. The maximum Gasteiger partial charge on any atom is 0.451 e. The lowest BCUT2D eigenvalue weighted by molar-refractivity contribution is -0.144. The molecule has 0 bridgehead atoms. The van der Waals surface area contributed by atoms with Crippen molar-refractivity contribution < 1.29 is 27.8 Å². The Morgan fingerprint density at radius 1 is 1.04 bits per heavy atom. The van der Waals surface area contributed by atoms with Crippen molar-refractivity contribution >= 4 is 40.2 Å². The molecule has 2 saturated heterocycles.